The van der Waals surface area contributed by atoms with Crippen molar-refractivity contribution in [3.63, 3.8) is 0 Å². The van der Waals surface area contributed by atoms with E-state index in [0.717, 1.165) is 6.42 Å². The van der Waals surface area contributed by atoms with Crippen LogP contribution in [0.1, 0.15) is 77.6 Å². The molecule has 0 aliphatic heterocycles. The molecule has 0 fully saturated rings. The van der Waals surface area contributed by atoms with Crippen LogP contribution in [0, 0.1) is 6.07 Å². The molecule has 3 aromatic rings. The van der Waals surface area contributed by atoms with E-state index in [1.54, 1.807) is 0 Å². The van der Waals surface area contributed by atoms with Crippen LogP contribution < -0.4 is 24.8 Å². The van der Waals surface area contributed by atoms with E-state index in [2.05, 4.69) is 91.8 Å². The molecule has 0 saturated carbocycles. The normalized spacial score (nSPS) is 11.4. The smallest absolute Gasteiger partial charge is 0.172 e. The minimum Gasteiger partial charge on any atom is -1.00 e. The third-order valence-electron chi connectivity index (χ3n) is 5.87. The quantitative estimate of drug-likeness (QED) is 0.226. The number of fused-ring (bicyclic) bond motifs is 3. The van der Waals surface area contributed by atoms with Gasteiger partial charge in [-0.2, -0.15) is 42.0 Å². The number of hydrogen-bond donors (Lipinski definition) is 0. The van der Waals surface area contributed by atoms with Crippen LogP contribution in [0.4, 0.5) is 0 Å². The summed E-state index contributed by atoms with van der Waals surface area (Å²) >= 11 is 1.49. The van der Waals surface area contributed by atoms with E-state index in [-0.39, 0.29) is 41.1 Å². The minimum absolute atomic E-state index is 0. The van der Waals surface area contributed by atoms with Crippen LogP contribution in [-0.2, 0) is 40.3 Å². The summed E-state index contributed by atoms with van der Waals surface area (Å²) in [5, 5.41) is 0. The largest absolute Gasteiger partial charge is 1.00 e. The Morgan fingerprint density at radius 1 is 0.853 bits per heavy atom. The summed E-state index contributed by atoms with van der Waals surface area (Å²) in [7, 11) is 0. The Hall–Kier alpha value is -0.543. The molecule has 184 valence electrons. The molecule has 0 bridgehead atoms. The van der Waals surface area contributed by atoms with E-state index in [1.807, 2.05) is 30.3 Å². The second kappa shape index (κ2) is 14.9. The van der Waals surface area contributed by atoms with Gasteiger partial charge in [-0.15, -0.1) is 11.1 Å². The van der Waals surface area contributed by atoms with Gasteiger partial charge in [-0.25, -0.2) is 12.1 Å². The van der Waals surface area contributed by atoms with Gasteiger partial charge in [-0.3, -0.25) is 0 Å². The van der Waals surface area contributed by atoms with E-state index in [9.17, 15) is 0 Å². The predicted octanol–water partition coefficient (Wildman–Crippen LogP) is 2.63. The maximum absolute atomic E-state index is 3.67. The molecule has 0 aromatic heterocycles. The number of benzene rings is 2. The van der Waals surface area contributed by atoms with Gasteiger partial charge in [0.15, 0.2) is 0 Å². The molecule has 0 spiro atoms. The van der Waals surface area contributed by atoms with E-state index in [4.69, 9.17) is 0 Å². The summed E-state index contributed by atoms with van der Waals surface area (Å²) < 4.78 is 0. The molecule has 1 aliphatic carbocycles. The third-order valence-corrected chi connectivity index (χ3v) is 15.2. The topological polar surface area (TPSA) is 0 Å². The van der Waals surface area contributed by atoms with Gasteiger partial charge in [-0.1, -0.05) is 65.3 Å². The number of rotatable bonds is 2. The Kier molecular flexibility index (Phi) is 14.6. The van der Waals surface area contributed by atoms with Crippen molar-refractivity contribution in [1.82, 2.24) is 0 Å². The second-order valence-electron chi connectivity index (χ2n) is 10.6. The van der Waals surface area contributed by atoms with Gasteiger partial charge in [0, 0.05) is 0 Å². The van der Waals surface area contributed by atoms with Gasteiger partial charge in [0.05, 0.1) is 0 Å². The van der Waals surface area contributed by atoms with Gasteiger partial charge >= 0.3 is 54.4 Å². The van der Waals surface area contributed by atoms with Crippen molar-refractivity contribution in [3.05, 3.63) is 89.0 Å². The van der Waals surface area contributed by atoms with Crippen LogP contribution in [0.5, 0.6) is 0 Å². The molecule has 4 heteroatoms. The Balaban J connectivity index is 0.000000700. The molecule has 0 saturated heterocycles. The summed E-state index contributed by atoms with van der Waals surface area (Å²) in [5.41, 5.74) is 8.98. The first kappa shape index (κ1) is 33.5. The maximum atomic E-state index is 3.67. The maximum Gasteiger partial charge on any atom is -0.172 e. The number of hydrogen-bond acceptors (Lipinski definition) is 0. The third kappa shape index (κ3) is 9.84. The van der Waals surface area contributed by atoms with E-state index in [1.165, 1.54) is 68.5 Å². The average molecular weight is 678 g/mol. The molecule has 4 rings (SSSR count). The van der Waals surface area contributed by atoms with Gasteiger partial charge in [0.1, 0.15) is 0 Å². The van der Waals surface area contributed by atoms with Crippen molar-refractivity contribution >= 4 is 5.49 Å². The molecule has 0 radical (unpaired) electrons. The molecule has 34 heavy (non-hydrogen) atoms. The Labute approximate surface area is 236 Å². The molecule has 0 unspecified atom stereocenters. The predicted molar refractivity (Wildman–Crippen MR) is 140 cm³/mol. The minimum atomic E-state index is 0. The van der Waals surface area contributed by atoms with Crippen molar-refractivity contribution in [1.29, 1.82) is 0 Å². The summed E-state index contributed by atoms with van der Waals surface area (Å²) in [4.78, 5) is 0. The molecule has 0 amide bonds. The summed E-state index contributed by atoms with van der Waals surface area (Å²) in [6, 6.07) is 28.2. The first-order valence-corrected chi connectivity index (χ1v) is 19.2. The first-order valence-electron chi connectivity index (χ1n) is 11.9. The van der Waals surface area contributed by atoms with Crippen molar-refractivity contribution < 1.29 is 47.8 Å². The first-order chi connectivity index (χ1) is 15.0. The van der Waals surface area contributed by atoms with Crippen LogP contribution in [0.2, 0.25) is 12.1 Å². The van der Waals surface area contributed by atoms with Crippen LogP contribution in [-0.4, -0.2) is 5.49 Å². The van der Waals surface area contributed by atoms with Gasteiger partial charge in [0.25, 0.3) is 0 Å². The van der Waals surface area contributed by atoms with Crippen molar-refractivity contribution in [2.24, 2.45) is 0 Å². The Bertz CT molecular complexity index is 925. The molecular weight excluding hydrogens is 638 g/mol. The molecule has 0 N–H and O–H groups in total. The van der Waals surface area contributed by atoms with Crippen molar-refractivity contribution in [2.75, 3.05) is 0 Å². The monoisotopic (exact) mass is 678 g/mol. The average Bonchev–Trinajstić information content (AvgIpc) is 3.42. The SMILES string of the molecule is CC(C)(C)c1[c-]c2c(cc1)-c1ccc(C(C)(C)C)cc1C2.CC[Si](=[Hf+2])CC.[Cl-].[Cl-].c1cc[cH-]c1. The fourth-order valence-corrected chi connectivity index (χ4v) is 4.10. The molecule has 3 aromatic carbocycles. The fourth-order valence-electron chi connectivity index (χ4n) is 3.60. The van der Waals surface area contributed by atoms with E-state index in [0.29, 0.717) is 0 Å². The Morgan fingerprint density at radius 3 is 1.82 bits per heavy atom. The zero-order chi connectivity index (χ0) is 23.9. The van der Waals surface area contributed by atoms with Gasteiger partial charge in [-0.05, 0) is 28.4 Å². The number of halogens is 2. The molecule has 1 aliphatic rings. The summed E-state index contributed by atoms with van der Waals surface area (Å²) in [6.45, 7) is 18.2. The standard InChI is InChI=1S/C21H25.C5H5.C4H10Si.2ClH.Hf/c1-20(2,3)16-7-9-18-14(12-16)11-15-13-17(21(4,5)6)8-10-19(15)18;1-2-4-5-3-1;1-3-5-4-2;;;/h7-10,12H,11H2,1-6H3;1-5H;3-4H2,1-2H3;2*1H;/q2*-1;;;;+2/p-2. The second-order valence-corrected chi connectivity index (χ2v) is 20.8. The molecule has 0 atom stereocenters. The van der Waals surface area contributed by atoms with E-state index < -0.39 is 0 Å². The summed E-state index contributed by atoms with van der Waals surface area (Å²) in [6.07, 6.45) is 1.03. The van der Waals surface area contributed by atoms with Crippen molar-refractivity contribution in [3.8, 4) is 11.1 Å². The molecule has 0 nitrogen and oxygen atoms in total. The van der Waals surface area contributed by atoms with Gasteiger partial charge in [0.2, 0.25) is 0 Å². The van der Waals surface area contributed by atoms with Gasteiger partial charge < -0.3 is 24.8 Å². The summed E-state index contributed by atoms with van der Waals surface area (Å²) in [5.74, 6) is 0. The van der Waals surface area contributed by atoms with Crippen LogP contribution >= 0.6 is 0 Å². The van der Waals surface area contributed by atoms with Crippen LogP contribution in [0.15, 0.2) is 60.7 Å². The zero-order valence-electron chi connectivity index (χ0n) is 22.2. The Morgan fingerprint density at radius 2 is 1.41 bits per heavy atom. The fraction of sp³-hybridized carbons (Fsp3) is 0.433. The zero-order valence-corrected chi connectivity index (χ0v) is 28.3. The van der Waals surface area contributed by atoms with E-state index >= 15 is 0 Å². The molecule has 0 heterocycles. The molecular formula is C30H40Cl2HfSi-2. The van der Waals surface area contributed by atoms with Crippen molar-refractivity contribution in [2.45, 2.75) is 84.7 Å². The van der Waals surface area contributed by atoms with Crippen LogP contribution in [0.25, 0.3) is 11.1 Å². The van der Waals surface area contributed by atoms with Crippen LogP contribution in [0.3, 0.4) is 0 Å².